The van der Waals surface area contributed by atoms with Crippen LogP contribution < -0.4 is 0 Å². The Bertz CT molecular complexity index is 1780. The summed E-state index contributed by atoms with van der Waals surface area (Å²) in [6, 6.07) is 38.8. The molecule has 0 amide bonds. The van der Waals surface area contributed by atoms with Crippen molar-refractivity contribution in [2.45, 2.75) is 36.5 Å². The first-order valence-corrected chi connectivity index (χ1v) is 14.8. The molecule has 4 aliphatic carbocycles. The monoisotopic (exact) mass is 534 g/mol. The van der Waals surface area contributed by atoms with E-state index in [0.29, 0.717) is 5.92 Å². The molecular weight excluding hydrogens is 504 g/mol. The average molecular weight is 535 g/mol. The van der Waals surface area contributed by atoms with Crippen molar-refractivity contribution in [1.29, 1.82) is 0 Å². The molecule has 4 aliphatic rings. The number of halogens is 1. The van der Waals surface area contributed by atoms with Crippen LogP contribution in [0.5, 0.6) is 0 Å². The van der Waals surface area contributed by atoms with E-state index in [1.165, 1.54) is 50.1 Å². The van der Waals surface area contributed by atoms with Crippen molar-refractivity contribution in [3.63, 3.8) is 0 Å². The number of allylic oxidation sites excluding steroid dienone is 8. The molecule has 40 heavy (non-hydrogen) atoms. The summed E-state index contributed by atoms with van der Waals surface area (Å²) in [5, 5.41) is 0.893. The fraction of sp³-hybridized carbons (Fsp3) is 0.179. The van der Waals surface area contributed by atoms with Gasteiger partial charge in [-0.2, -0.15) is 0 Å². The Labute approximate surface area is 242 Å². The lowest BCUT2D eigenvalue weighted by Crippen LogP contribution is -2.51. The molecule has 4 aromatic carbocycles. The van der Waals surface area contributed by atoms with Crippen LogP contribution in [0.4, 0.5) is 0 Å². The van der Waals surface area contributed by atoms with Crippen molar-refractivity contribution < 1.29 is 0 Å². The molecule has 0 heterocycles. The summed E-state index contributed by atoms with van der Waals surface area (Å²) in [6.45, 7) is 2.21. The Hall–Kier alpha value is -3.87. The van der Waals surface area contributed by atoms with Crippen LogP contribution >= 0.6 is 11.6 Å². The van der Waals surface area contributed by atoms with Crippen molar-refractivity contribution in [1.82, 2.24) is 0 Å². The molecule has 0 saturated heterocycles. The zero-order valence-corrected chi connectivity index (χ0v) is 23.4. The molecule has 0 bridgehead atoms. The minimum atomic E-state index is -0.392. The Balaban J connectivity index is 1.60. The summed E-state index contributed by atoms with van der Waals surface area (Å²) >= 11 is 7.51. The third-order valence-electron chi connectivity index (χ3n) is 9.96. The second-order valence-corrected chi connectivity index (χ2v) is 12.1. The topological polar surface area (TPSA) is 0 Å². The van der Waals surface area contributed by atoms with Crippen LogP contribution in [0.15, 0.2) is 150 Å². The molecule has 0 fully saturated rings. The Kier molecular flexibility index (Phi) is 5.28. The van der Waals surface area contributed by atoms with Crippen molar-refractivity contribution in [3.05, 3.63) is 189 Å². The fourth-order valence-electron chi connectivity index (χ4n) is 8.68. The predicted octanol–water partition coefficient (Wildman–Crippen LogP) is 9.68. The quantitative estimate of drug-likeness (QED) is 0.240. The molecule has 1 spiro atoms. The summed E-state index contributed by atoms with van der Waals surface area (Å²) in [5.74, 6) is 0.517. The van der Waals surface area contributed by atoms with Crippen molar-refractivity contribution in [3.8, 4) is 0 Å². The maximum absolute atomic E-state index is 7.51. The lowest BCUT2D eigenvalue weighted by Gasteiger charge is -2.56. The molecule has 0 N–H and O–H groups in total. The van der Waals surface area contributed by atoms with Crippen LogP contribution in [0.25, 0.3) is 0 Å². The van der Waals surface area contributed by atoms with Gasteiger partial charge in [0.25, 0.3) is 0 Å². The highest BCUT2D eigenvalue weighted by Crippen LogP contribution is 2.69. The zero-order chi connectivity index (χ0) is 26.9. The van der Waals surface area contributed by atoms with Crippen LogP contribution in [0.3, 0.4) is 0 Å². The van der Waals surface area contributed by atoms with E-state index >= 15 is 0 Å². The van der Waals surface area contributed by atoms with Gasteiger partial charge in [0.1, 0.15) is 0 Å². The van der Waals surface area contributed by atoms with Gasteiger partial charge < -0.3 is 0 Å². The van der Waals surface area contributed by atoms with Gasteiger partial charge in [-0.05, 0) is 70.4 Å². The van der Waals surface area contributed by atoms with E-state index in [1.807, 2.05) is 0 Å². The van der Waals surface area contributed by atoms with Gasteiger partial charge in [0.05, 0.1) is 10.8 Å². The third kappa shape index (κ3) is 2.93. The number of hydrogen-bond acceptors (Lipinski definition) is 0. The lowest BCUT2D eigenvalue weighted by atomic mass is 9.46. The van der Waals surface area contributed by atoms with E-state index < -0.39 is 5.41 Å². The summed E-state index contributed by atoms with van der Waals surface area (Å²) < 4.78 is 0. The summed E-state index contributed by atoms with van der Waals surface area (Å²) in [7, 11) is 0. The van der Waals surface area contributed by atoms with E-state index in [9.17, 15) is 0 Å². The molecule has 0 radical (unpaired) electrons. The second kappa shape index (κ2) is 8.82. The second-order valence-electron chi connectivity index (χ2n) is 11.7. The molecule has 1 heteroatoms. The first kappa shape index (κ1) is 24.0. The number of aryl methyl sites for hydroxylation is 1. The largest absolute Gasteiger partial charge is 0.0843 e. The fourth-order valence-corrected chi connectivity index (χ4v) is 9.05. The molecule has 2 unspecified atom stereocenters. The number of rotatable bonds is 2. The van der Waals surface area contributed by atoms with Crippen molar-refractivity contribution in [2.24, 2.45) is 5.92 Å². The summed E-state index contributed by atoms with van der Waals surface area (Å²) in [5.41, 5.74) is 11.6. The summed E-state index contributed by atoms with van der Waals surface area (Å²) in [4.78, 5) is 0. The molecule has 0 aliphatic heterocycles. The van der Waals surface area contributed by atoms with Crippen molar-refractivity contribution in [2.75, 3.05) is 0 Å². The van der Waals surface area contributed by atoms with Gasteiger partial charge >= 0.3 is 0 Å². The van der Waals surface area contributed by atoms with E-state index in [-0.39, 0.29) is 11.3 Å². The van der Waals surface area contributed by atoms with Crippen LogP contribution in [0.1, 0.15) is 57.7 Å². The Morgan fingerprint density at radius 3 is 2.25 bits per heavy atom. The van der Waals surface area contributed by atoms with E-state index in [4.69, 9.17) is 11.6 Å². The standard InChI is InChI=1S/C39H31Cl/c1-26-13-11-16-28(25-26)38(27-14-3-2-4-15-27)33-21-9-10-22-34(33)39(37-35(38)23-12-24-36(37)40)31-19-7-5-17-29(31)30-18-6-8-20-32(30)39/h2-17,19-22,24-25,30,35H,18,23H2,1H3/t30?,35?,38-,39-/m0/s1. The predicted molar refractivity (Wildman–Crippen MR) is 166 cm³/mol. The van der Waals surface area contributed by atoms with Gasteiger partial charge in [-0.1, -0.05) is 145 Å². The van der Waals surface area contributed by atoms with E-state index in [0.717, 1.165) is 17.9 Å². The molecular formula is C39H31Cl. The molecule has 8 rings (SSSR count). The molecule has 4 atom stereocenters. The normalized spacial score (nSPS) is 27.6. The first-order valence-electron chi connectivity index (χ1n) is 14.4. The van der Waals surface area contributed by atoms with Gasteiger partial charge in [0.2, 0.25) is 0 Å². The first-order chi connectivity index (χ1) is 19.7. The highest BCUT2D eigenvalue weighted by molar-refractivity contribution is 6.32. The molecule has 0 saturated carbocycles. The minimum Gasteiger partial charge on any atom is -0.0843 e. The minimum absolute atomic E-state index is 0.155. The van der Waals surface area contributed by atoms with Gasteiger partial charge in [-0.25, -0.2) is 0 Å². The zero-order valence-electron chi connectivity index (χ0n) is 22.6. The van der Waals surface area contributed by atoms with Gasteiger partial charge in [0.15, 0.2) is 0 Å². The number of fused-ring (bicyclic) bond motifs is 9. The maximum atomic E-state index is 7.51. The third-order valence-corrected chi connectivity index (χ3v) is 10.3. The molecule has 4 aromatic rings. The molecule has 194 valence electrons. The lowest BCUT2D eigenvalue weighted by molar-refractivity contribution is 0.360. The summed E-state index contributed by atoms with van der Waals surface area (Å²) in [6.07, 6.45) is 13.4. The van der Waals surface area contributed by atoms with Gasteiger partial charge in [0, 0.05) is 16.9 Å². The van der Waals surface area contributed by atoms with Crippen molar-refractivity contribution >= 4 is 11.6 Å². The highest BCUT2D eigenvalue weighted by atomic mass is 35.5. The number of hydrogen-bond donors (Lipinski definition) is 0. The van der Waals surface area contributed by atoms with Crippen LogP contribution in [-0.2, 0) is 10.8 Å². The van der Waals surface area contributed by atoms with Gasteiger partial charge in [-0.3, -0.25) is 0 Å². The van der Waals surface area contributed by atoms with E-state index in [2.05, 4.69) is 140 Å². The van der Waals surface area contributed by atoms with Crippen LogP contribution in [-0.4, -0.2) is 0 Å². The Morgan fingerprint density at radius 2 is 1.43 bits per heavy atom. The van der Waals surface area contributed by atoms with Crippen LogP contribution in [0, 0.1) is 12.8 Å². The number of benzene rings is 4. The van der Waals surface area contributed by atoms with Gasteiger partial charge in [-0.15, -0.1) is 0 Å². The average Bonchev–Trinajstić information content (AvgIpc) is 3.29. The SMILES string of the molecule is Cc1cccc([C@@]2(c3ccccc3)c3ccccc3[C@]3(C4=CC=CCC4c4ccccc43)C3=C(Cl)C=CCC32)c1. The van der Waals surface area contributed by atoms with Crippen LogP contribution in [0.2, 0.25) is 0 Å². The molecule has 0 nitrogen and oxygen atoms in total. The van der Waals surface area contributed by atoms with E-state index in [1.54, 1.807) is 0 Å². The highest BCUT2D eigenvalue weighted by Gasteiger charge is 2.62. The molecule has 0 aromatic heterocycles. The Morgan fingerprint density at radius 1 is 0.700 bits per heavy atom. The smallest absolute Gasteiger partial charge is 0.0657 e. The maximum Gasteiger partial charge on any atom is 0.0657 e.